The van der Waals surface area contributed by atoms with Crippen molar-refractivity contribution in [1.82, 2.24) is 9.97 Å². The Bertz CT molecular complexity index is 633. The molecule has 2 N–H and O–H groups in total. The number of nitro groups is 1. The van der Waals surface area contributed by atoms with Crippen molar-refractivity contribution >= 4 is 34.9 Å². The first-order chi connectivity index (χ1) is 10.1. The van der Waals surface area contributed by atoms with Crippen LogP contribution >= 0.6 is 11.8 Å². The lowest BCUT2D eigenvalue weighted by molar-refractivity contribution is -0.384. The monoisotopic (exact) mass is 305 g/mol. The normalized spacial score (nSPS) is 10.2. The van der Waals surface area contributed by atoms with Gasteiger partial charge < -0.3 is 10.6 Å². The summed E-state index contributed by atoms with van der Waals surface area (Å²) in [6.07, 6.45) is 3.18. The summed E-state index contributed by atoms with van der Waals surface area (Å²) in [7, 11) is 0. The number of nitrogens with one attached hydrogen (secondary N) is 2. The molecule has 1 aromatic heterocycles. The zero-order valence-electron chi connectivity index (χ0n) is 11.7. The molecule has 0 aliphatic rings. The van der Waals surface area contributed by atoms with Crippen LogP contribution in [0.25, 0.3) is 0 Å². The number of hydrogen-bond donors (Lipinski definition) is 2. The number of nitrogens with zero attached hydrogens (tertiary/aromatic N) is 3. The van der Waals surface area contributed by atoms with Gasteiger partial charge in [0.05, 0.1) is 4.92 Å². The van der Waals surface area contributed by atoms with Gasteiger partial charge in [0.15, 0.2) is 0 Å². The number of thioether (sulfide) groups is 1. The summed E-state index contributed by atoms with van der Waals surface area (Å²) in [4.78, 5) is 19.7. The van der Waals surface area contributed by atoms with Crippen LogP contribution < -0.4 is 10.6 Å². The fourth-order valence-corrected chi connectivity index (χ4v) is 2.06. The van der Waals surface area contributed by atoms with Crippen molar-refractivity contribution in [3.05, 3.63) is 40.6 Å². The lowest BCUT2D eigenvalue weighted by Crippen LogP contribution is -2.06. The second-order valence-electron chi connectivity index (χ2n) is 4.07. The van der Waals surface area contributed by atoms with Gasteiger partial charge in [-0.25, -0.2) is 4.98 Å². The van der Waals surface area contributed by atoms with Crippen molar-refractivity contribution in [2.24, 2.45) is 0 Å². The van der Waals surface area contributed by atoms with Crippen molar-refractivity contribution in [2.75, 3.05) is 23.4 Å². The Morgan fingerprint density at radius 3 is 2.62 bits per heavy atom. The van der Waals surface area contributed by atoms with E-state index < -0.39 is 4.92 Å². The molecule has 0 amide bonds. The Hall–Kier alpha value is -2.35. The van der Waals surface area contributed by atoms with E-state index in [1.165, 1.54) is 6.20 Å². The predicted molar refractivity (Wildman–Crippen MR) is 84.4 cm³/mol. The molecule has 1 heterocycles. The topological polar surface area (TPSA) is 93.0 Å². The minimum atomic E-state index is -0.506. The third-order valence-electron chi connectivity index (χ3n) is 2.65. The Labute approximate surface area is 126 Å². The summed E-state index contributed by atoms with van der Waals surface area (Å²) < 4.78 is 0. The molecule has 7 nitrogen and oxygen atoms in total. The first-order valence-electron chi connectivity index (χ1n) is 6.30. The fourth-order valence-electron chi connectivity index (χ4n) is 1.66. The van der Waals surface area contributed by atoms with Gasteiger partial charge in [0, 0.05) is 17.1 Å². The maximum atomic E-state index is 11.0. The molecule has 0 saturated carbocycles. The van der Waals surface area contributed by atoms with Crippen LogP contribution in [0.4, 0.5) is 23.1 Å². The van der Waals surface area contributed by atoms with E-state index in [-0.39, 0.29) is 11.5 Å². The van der Waals surface area contributed by atoms with Crippen LogP contribution in [0.2, 0.25) is 0 Å². The summed E-state index contributed by atoms with van der Waals surface area (Å²) in [5.74, 6) is 0.522. The van der Waals surface area contributed by atoms with Crippen LogP contribution in [0.5, 0.6) is 0 Å². The van der Waals surface area contributed by atoms with Crippen LogP contribution in [-0.2, 0) is 0 Å². The largest absolute Gasteiger partial charge is 0.354 e. The number of aromatic nitrogens is 2. The quantitative estimate of drug-likeness (QED) is 0.480. The van der Waals surface area contributed by atoms with E-state index >= 15 is 0 Å². The van der Waals surface area contributed by atoms with Crippen molar-refractivity contribution in [1.29, 1.82) is 0 Å². The summed E-state index contributed by atoms with van der Waals surface area (Å²) in [6, 6.07) is 7.58. The molecule has 2 rings (SSSR count). The molecule has 110 valence electrons. The summed E-state index contributed by atoms with van der Waals surface area (Å²) in [6.45, 7) is 2.54. The zero-order valence-corrected chi connectivity index (χ0v) is 12.5. The second-order valence-corrected chi connectivity index (χ2v) is 4.95. The molecule has 0 aliphatic heterocycles. The number of benzene rings is 1. The third kappa shape index (κ3) is 3.82. The Morgan fingerprint density at radius 2 is 2.05 bits per heavy atom. The van der Waals surface area contributed by atoms with Crippen LogP contribution in [-0.4, -0.2) is 27.7 Å². The van der Waals surface area contributed by atoms with E-state index in [1.807, 2.05) is 37.4 Å². The molecular weight excluding hydrogens is 290 g/mol. The van der Waals surface area contributed by atoms with Gasteiger partial charge in [-0.2, -0.15) is 4.98 Å². The van der Waals surface area contributed by atoms with Gasteiger partial charge in [-0.3, -0.25) is 10.1 Å². The van der Waals surface area contributed by atoms with Gasteiger partial charge in [0.25, 0.3) is 0 Å². The van der Waals surface area contributed by atoms with E-state index in [9.17, 15) is 10.1 Å². The standard InChI is InChI=1S/C13H15N5O2S/c1-3-14-13-15-8-11(18(19)20)12(17-13)16-9-4-6-10(21-2)7-5-9/h4-8H,3H2,1-2H3,(H2,14,15,16,17). The van der Waals surface area contributed by atoms with Crippen LogP contribution in [0, 0.1) is 10.1 Å². The Morgan fingerprint density at radius 1 is 1.33 bits per heavy atom. The molecule has 0 unspecified atom stereocenters. The average Bonchev–Trinajstić information content (AvgIpc) is 2.48. The van der Waals surface area contributed by atoms with Crippen molar-refractivity contribution in [3.8, 4) is 0 Å². The highest BCUT2D eigenvalue weighted by Gasteiger charge is 2.17. The molecule has 2 aromatic rings. The molecular formula is C13H15N5O2S. The first kappa shape index (κ1) is 15.0. The molecule has 0 aliphatic carbocycles. The summed E-state index contributed by atoms with van der Waals surface area (Å²) >= 11 is 1.63. The highest BCUT2D eigenvalue weighted by Crippen LogP contribution is 2.26. The first-order valence-corrected chi connectivity index (χ1v) is 7.53. The van der Waals surface area contributed by atoms with Crippen molar-refractivity contribution in [3.63, 3.8) is 0 Å². The minimum Gasteiger partial charge on any atom is -0.354 e. The lowest BCUT2D eigenvalue weighted by Gasteiger charge is -2.08. The molecule has 0 fully saturated rings. The van der Waals surface area contributed by atoms with Gasteiger partial charge in [-0.05, 0) is 37.4 Å². The third-order valence-corrected chi connectivity index (χ3v) is 3.40. The van der Waals surface area contributed by atoms with E-state index in [2.05, 4.69) is 20.6 Å². The Kier molecular flexibility index (Phi) is 4.94. The molecule has 8 heteroatoms. The fraction of sp³-hybridized carbons (Fsp3) is 0.231. The summed E-state index contributed by atoms with van der Waals surface area (Å²) in [5.41, 5.74) is 0.572. The van der Waals surface area contributed by atoms with Gasteiger partial charge in [-0.1, -0.05) is 0 Å². The smallest absolute Gasteiger partial charge is 0.329 e. The van der Waals surface area contributed by atoms with Crippen LogP contribution in [0.15, 0.2) is 35.4 Å². The molecule has 0 saturated heterocycles. The second kappa shape index (κ2) is 6.89. The molecule has 0 bridgehead atoms. The molecule has 0 radical (unpaired) electrons. The highest BCUT2D eigenvalue weighted by molar-refractivity contribution is 7.98. The lowest BCUT2D eigenvalue weighted by atomic mass is 10.3. The van der Waals surface area contributed by atoms with Crippen molar-refractivity contribution < 1.29 is 4.92 Å². The SMILES string of the molecule is CCNc1ncc([N+](=O)[O-])c(Nc2ccc(SC)cc2)n1. The average molecular weight is 305 g/mol. The van der Waals surface area contributed by atoms with Gasteiger partial charge in [0.2, 0.25) is 11.8 Å². The molecule has 0 spiro atoms. The predicted octanol–water partition coefficient (Wildman–Crippen LogP) is 3.28. The number of anilines is 3. The van der Waals surface area contributed by atoms with Crippen molar-refractivity contribution in [2.45, 2.75) is 11.8 Å². The zero-order chi connectivity index (χ0) is 15.2. The maximum absolute atomic E-state index is 11.0. The van der Waals surface area contributed by atoms with E-state index in [1.54, 1.807) is 11.8 Å². The van der Waals surface area contributed by atoms with Gasteiger partial charge >= 0.3 is 5.69 Å². The Balaban J connectivity index is 2.30. The van der Waals surface area contributed by atoms with E-state index in [0.717, 1.165) is 10.6 Å². The molecule has 1 aromatic carbocycles. The minimum absolute atomic E-state index is 0.161. The van der Waals surface area contributed by atoms with Gasteiger partial charge in [-0.15, -0.1) is 11.8 Å². The highest BCUT2D eigenvalue weighted by atomic mass is 32.2. The molecule has 21 heavy (non-hydrogen) atoms. The van der Waals surface area contributed by atoms with Crippen LogP contribution in [0.1, 0.15) is 6.92 Å². The van der Waals surface area contributed by atoms with Gasteiger partial charge in [0.1, 0.15) is 6.20 Å². The number of rotatable bonds is 6. The van der Waals surface area contributed by atoms with Crippen LogP contribution in [0.3, 0.4) is 0 Å². The van der Waals surface area contributed by atoms with E-state index in [4.69, 9.17) is 0 Å². The van der Waals surface area contributed by atoms with E-state index in [0.29, 0.717) is 12.5 Å². The number of hydrogen-bond acceptors (Lipinski definition) is 7. The summed E-state index contributed by atoms with van der Waals surface area (Å²) in [5, 5.41) is 16.9. The maximum Gasteiger partial charge on any atom is 0.329 e. The molecule has 0 atom stereocenters.